The Morgan fingerprint density at radius 3 is 2.53 bits per heavy atom. The van der Waals surface area contributed by atoms with Crippen LogP contribution in [0.3, 0.4) is 0 Å². The van der Waals surface area contributed by atoms with Gasteiger partial charge in [-0.15, -0.1) is 6.58 Å². The van der Waals surface area contributed by atoms with Crippen LogP contribution in [0.2, 0.25) is 0 Å². The Labute approximate surface area is 282 Å². The van der Waals surface area contributed by atoms with Gasteiger partial charge in [-0.25, -0.2) is 4.79 Å². The molecule has 14 heteroatoms. The molecule has 0 aliphatic carbocycles. The van der Waals surface area contributed by atoms with Gasteiger partial charge in [-0.3, -0.25) is 4.79 Å². The Bertz CT molecular complexity index is 1660. The van der Waals surface area contributed by atoms with E-state index < -0.39 is 61.4 Å². The fourth-order valence-corrected chi connectivity index (χ4v) is 6.95. The summed E-state index contributed by atoms with van der Waals surface area (Å²) < 4.78 is 33.8. The number of hydrogen-bond acceptors (Lipinski definition) is 13. The van der Waals surface area contributed by atoms with Gasteiger partial charge in [0, 0.05) is 24.5 Å². The zero-order valence-corrected chi connectivity index (χ0v) is 26.9. The molecule has 0 saturated carbocycles. The van der Waals surface area contributed by atoms with Crippen molar-refractivity contribution >= 4 is 18.0 Å². The molecule has 5 N–H and O–H groups in total. The molecule has 0 radical (unpaired) electrons. The molecule has 4 aliphatic rings. The van der Waals surface area contributed by atoms with E-state index in [0.29, 0.717) is 36.3 Å². The lowest BCUT2D eigenvalue weighted by Crippen LogP contribution is -2.61. The van der Waals surface area contributed by atoms with Crippen molar-refractivity contribution in [3.05, 3.63) is 77.6 Å². The first kappa shape index (κ1) is 34.3. The number of methoxy groups -OCH3 is 2. The summed E-state index contributed by atoms with van der Waals surface area (Å²) in [5.74, 6) is -1.75. The Balaban J connectivity index is 1.23. The van der Waals surface area contributed by atoms with Gasteiger partial charge in [0.25, 0.3) is 5.91 Å². The molecule has 9 atom stereocenters. The van der Waals surface area contributed by atoms with Crippen LogP contribution in [0.1, 0.15) is 29.2 Å². The average Bonchev–Trinajstić information content (AvgIpc) is 3.10. The highest BCUT2D eigenvalue weighted by Crippen LogP contribution is 2.49. The van der Waals surface area contributed by atoms with Crippen molar-refractivity contribution in [2.75, 3.05) is 27.4 Å². The third-order valence-electron chi connectivity index (χ3n) is 9.52. The normalized spacial score (nSPS) is 30.7. The Kier molecular flexibility index (Phi) is 9.86. The number of amides is 1. The van der Waals surface area contributed by atoms with E-state index in [9.17, 15) is 35.1 Å². The van der Waals surface area contributed by atoms with Crippen LogP contribution in [-0.4, -0.2) is 107 Å². The van der Waals surface area contributed by atoms with E-state index >= 15 is 0 Å². The summed E-state index contributed by atoms with van der Waals surface area (Å²) in [4.78, 5) is 28.4. The van der Waals surface area contributed by atoms with Gasteiger partial charge >= 0.3 is 5.97 Å². The third-order valence-corrected chi connectivity index (χ3v) is 9.52. The molecule has 14 nitrogen and oxygen atoms in total. The van der Waals surface area contributed by atoms with Crippen molar-refractivity contribution in [2.24, 2.45) is 11.8 Å². The Hall–Kier alpha value is -4.60. The maximum atomic E-state index is 13.7. The SMILES string of the molecule is C=C[C@H]1[C@H](O[C@@H]2O[C@H](CO)[C@@H](O)[C@H](O)[C@H]2OC(=O)C=Cc2ccc(O)c(OC)c2)OC=C2C(=O)N3CCc4cc(OC)c(O)cc4[C@H]3C[C@H]21. The largest absolute Gasteiger partial charge is 0.504 e. The highest BCUT2D eigenvalue weighted by Gasteiger charge is 2.52. The topological polar surface area (TPSA) is 194 Å². The van der Waals surface area contributed by atoms with Crippen molar-refractivity contribution in [1.29, 1.82) is 0 Å². The van der Waals surface area contributed by atoms with Crippen LogP contribution >= 0.6 is 0 Å². The lowest BCUT2D eigenvalue weighted by atomic mass is 9.73. The fraction of sp³-hybridized carbons (Fsp3) is 0.429. The molecular weight excluding hydrogens is 642 g/mol. The van der Waals surface area contributed by atoms with Crippen LogP contribution in [0.5, 0.6) is 23.0 Å². The molecule has 0 spiro atoms. The highest BCUT2D eigenvalue weighted by atomic mass is 16.8. The Morgan fingerprint density at radius 2 is 1.82 bits per heavy atom. The molecule has 49 heavy (non-hydrogen) atoms. The zero-order valence-electron chi connectivity index (χ0n) is 26.9. The number of aliphatic hydroxyl groups excluding tert-OH is 3. The number of piperidine rings is 1. The van der Waals surface area contributed by atoms with Crippen molar-refractivity contribution in [3.8, 4) is 23.0 Å². The molecule has 2 aromatic carbocycles. The second-order valence-electron chi connectivity index (χ2n) is 12.2. The van der Waals surface area contributed by atoms with Gasteiger partial charge in [-0.05, 0) is 59.9 Å². The smallest absolute Gasteiger partial charge is 0.331 e. The maximum Gasteiger partial charge on any atom is 0.331 e. The number of carbonyl (C=O) groups excluding carboxylic acids is 2. The van der Waals surface area contributed by atoms with E-state index in [1.54, 1.807) is 29.2 Å². The Morgan fingerprint density at radius 1 is 1.06 bits per heavy atom. The molecule has 4 heterocycles. The number of aliphatic hydroxyl groups is 3. The number of aromatic hydroxyl groups is 2. The van der Waals surface area contributed by atoms with E-state index in [1.807, 2.05) is 0 Å². The van der Waals surface area contributed by atoms with Gasteiger partial charge in [0.1, 0.15) is 18.3 Å². The van der Waals surface area contributed by atoms with Crippen LogP contribution in [0.4, 0.5) is 0 Å². The average molecular weight is 682 g/mol. The van der Waals surface area contributed by atoms with Crippen molar-refractivity contribution in [2.45, 2.75) is 55.9 Å². The van der Waals surface area contributed by atoms with Gasteiger partial charge in [0.2, 0.25) is 12.6 Å². The number of phenolic OH excluding ortho intramolecular Hbond substituents is 2. The molecule has 4 aliphatic heterocycles. The number of esters is 1. The maximum absolute atomic E-state index is 13.7. The monoisotopic (exact) mass is 681 g/mol. The third kappa shape index (κ3) is 6.45. The molecule has 0 unspecified atom stereocenters. The fourth-order valence-electron chi connectivity index (χ4n) is 6.95. The van der Waals surface area contributed by atoms with Crippen molar-refractivity contribution in [1.82, 2.24) is 4.90 Å². The first-order valence-electron chi connectivity index (χ1n) is 15.8. The number of benzene rings is 2. The molecule has 1 amide bonds. The molecular formula is C35H39NO13. The van der Waals surface area contributed by atoms with E-state index in [0.717, 1.165) is 17.2 Å². The van der Waals surface area contributed by atoms with Gasteiger partial charge in [0.05, 0.1) is 38.7 Å². The number of nitrogens with zero attached hydrogens (tertiary/aromatic N) is 1. The minimum atomic E-state index is -1.72. The summed E-state index contributed by atoms with van der Waals surface area (Å²) in [6, 6.07) is 7.49. The first-order chi connectivity index (χ1) is 23.6. The van der Waals surface area contributed by atoms with Gasteiger partial charge in [-0.1, -0.05) is 12.1 Å². The van der Waals surface area contributed by atoms with E-state index in [1.165, 1.54) is 38.7 Å². The molecule has 0 bridgehead atoms. The quantitative estimate of drug-likeness (QED) is 0.146. The second kappa shape index (κ2) is 14.1. The van der Waals surface area contributed by atoms with Gasteiger partial charge in [-0.2, -0.15) is 0 Å². The van der Waals surface area contributed by atoms with E-state index in [2.05, 4.69) is 6.58 Å². The summed E-state index contributed by atoms with van der Waals surface area (Å²) in [6.45, 7) is 3.76. The van der Waals surface area contributed by atoms with Crippen LogP contribution < -0.4 is 9.47 Å². The zero-order chi connectivity index (χ0) is 35.0. The van der Waals surface area contributed by atoms with Crippen molar-refractivity contribution < 1.29 is 63.5 Å². The minimum absolute atomic E-state index is 0.0304. The molecule has 2 fully saturated rings. The van der Waals surface area contributed by atoms with E-state index in [4.69, 9.17) is 28.4 Å². The minimum Gasteiger partial charge on any atom is -0.504 e. The number of hydrogen-bond donors (Lipinski definition) is 5. The molecule has 2 saturated heterocycles. The number of phenols is 2. The molecule has 262 valence electrons. The summed E-state index contributed by atoms with van der Waals surface area (Å²) in [7, 11) is 2.86. The summed E-state index contributed by atoms with van der Waals surface area (Å²) in [5, 5.41) is 51.8. The summed E-state index contributed by atoms with van der Waals surface area (Å²) in [5.41, 5.74) is 2.71. The van der Waals surface area contributed by atoms with Crippen molar-refractivity contribution in [3.63, 3.8) is 0 Å². The standard InChI is InChI=1S/C35H39NO13/c1-4-19-21-13-23-20-14-25(39)27(45-3)12-18(20)9-10-36(23)33(43)22(21)16-46-34(19)49-35-32(31(42)30(41)28(15-37)47-35)48-29(40)8-6-17-5-7-24(38)26(11-17)44-2/h4-8,11-12,14,16,19,21,23,28,30-32,34-35,37-39,41-42H,1,9-10,13,15H2,2-3H3/t19-,21+,23-,28-,30-,31+,32-,34+,35+/m1/s1. The second-order valence-corrected chi connectivity index (χ2v) is 12.2. The number of ether oxygens (including phenoxy) is 6. The van der Waals surface area contributed by atoms with Crippen LogP contribution in [0.25, 0.3) is 6.08 Å². The van der Waals surface area contributed by atoms with Gasteiger partial charge < -0.3 is 58.9 Å². The van der Waals surface area contributed by atoms with Crippen LogP contribution in [0, 0.1) is 11.8 Å². The lowest BCUT2D eigenvalue weighted by molar-refractivity contribution is -0.340. The lowest BCUT2D eigenvalue weighted by Gasteiger charge is -2.49. The number of fused-ring (bicyclic) bond motifs is 4. The predicted molar refractivity (Wildman–Crippen MR) is 170 cm³/mol. The summed E-state index contributed by atoms with van der Waals surface area (Å²) >= 11 is 0. The van der Waals surface area contributed by atoms with E-state index in [-0.39, 0.29) is 29.2 Å². The highest BCUT2D eigenvalue weighted by molar-refractivity contribution is 5.95. The molecule has 6 rings (SSSR count). The van der Waals surface area contributed by atoms with Crippen LogP contribution in [-0.2, 0) is 35.0 Å². The van der Waals surface area contributed by atoms with Gasteiger partial charge in [0.15, 0.2) is 29.1 Å². The number of carbonyl (C=O) groups is 2. The predicted octanol–water partition coefficient (Wildman–Crippen LogP) is 1.68. The number of rotatable bonds is 9. The molecule has 2 aromatic rings. The summed E-state index contributed by atoms with van der Waals surface area (Å²) in [6.07, 6.45) is -2.38. The molecule has 0 aromatic heterocycles. The van der Waals surface area contributed by atoms with Crippen LogP contribution in [0.15, 0.2) is 60.9 Å². The first-order valence-corrected chi connectivity index (χ1v) is 15.8.